The van der Waals surface area contributed by atoms with Gasteiger partial charge < -0.3 is 5.73 Å². The summed E-state index contributed by atoms with van der Waals surface area (Å²) in [6.45, 7) is 8.55. The molecular weight excluding hydrogens is 320 g/mol. The van der Waals surface area contributed by atoms with E-state index < -0.39 is 0 Å². The maximum Gasteiger partial charge on any atom is 0.0485 e. The third-order valence-electron chi connectivity index (χ3n) is 4.07. The molecule has 0 aliphatic carbocycles. The number of nitrogens with two attached hydrogens (primary N) is 1. The Labute approximate surface area is 129 Å². The average Bonchev–Trinajstić information content (AvgIpc) is 2.37. The van der Waals surface area contributed by atoms with Crippen molar-refractivity contribution in [1.29, 1.82) is 0 Å². The summed E-state index contributed by atoms with van der Waals surface area (Å²) in [4.78, 5) is 2.57. The molecule has 1 aromatic carbocycles. The topological polar surface area (TPSA) is 29.3 Å². The Balaban J connectivity index is 2.28. The molecule has 2 N–H and O–H groups in total. The smallest absolute Gasteiger partial charge is 0.0485 e. The third kappa shape index (κ3) is 3.35. The highest BCUT2D eigenvalue weighted by Gasteiger charge is 2.31. The zero-order chi connectivity index (χ0) is 14.0. The van der Waals surface area contributed by atoms with E-state index >= 15 is 0 Å². The Hall–Kier alpha value is -0.0300. The molecule has 0 saturated carbocycles. The van der Waals surface area contributed by atoms with Crippen LogP contribution in [0.15, 0.2) is 22.7 Å². The lowest BCUT2D eigenvalue weighted by Crippen LogP contribution is -2.48. The maximum atomic E-state index is 6.08. The summed E-state index contributed by atoms with van der Waals surface area (Å²) in [6.07, 6.45) is 0. The van der Waals surface area contributed by atoms with Crippen LogP contribution in [-0.4, -0.2) is 35.0 Å². The maximum absolute atomic E-state index is 6.08. The molecule has 0 bridgehead atoms. The first kappa shape index (κ1) is 15.4. The molecular formula is C15H23BrN2S. The summed E-state index contributed by atoms with van der Waals surface area (Å²) in [5, 5.41) is 0.673. The molecule has 19 heavy (non-hydrogen) atoms. The lowest BCUT2D eigenvalue weighted by molar-refractivity contribution is 0.150. The van der Waals surface area contributed by atoms with Gasteiger partial charge in [0.1, 0.15) is 0 Å². The molecule has 0 radical (unpaired) electrons. The van der Waals surface area contributed by atoms with Gasteiger partial charge in [0.2, 0.25) is 0 Å². The minimum atomic E-state index is 0.313. The first-order chi connectivity index (χ1) is 9.04. The van der Waals surface area contributed by atoms with E-state index in [9.17, 15) is 0 Å². The first-order valence-electron chi connectivity index (χ1n) is 6.88. The molecule has 1 heterocycles. The fourth-order valence-corrected chi connectivity index (χ4v) is 4.62. The van der Waals surface area contributed by atoms with E-state index in [1.54, 1.807) is 0 Å². The highest BCUT2D eigenvalue weighted by atomic mass is 79.9. The highest BCUT2D eigenvalue weighted by molar-refractivity contribution is 9.10. The number of hydrogen-bond donors (Lipinski definition) is 1. The van der Waals surface area contributed by atoms with Gasteiger partial charge in [-0.3, -0.25) is 4.90 Å². The second kappa shape index (κ2) is 6.61. The molecule has 0 aromatic heterocycles. The Morgan fingerprint density at radius 1 is 1.47 bits per heavy atom. The Kier molecular flexibility index (Phi) is 5.35. The standard InChI is InChI=1S/C15H23BrN2S/c1-10-4-5-13(14(16)8-10)15(9-17)18-6-7-19-12(3)11(18)2/h4-5,8,11-12,15H,6-7,9,17H2,1-3H3. The van der Waals surface area contributed by atoms with E-state index in [0.717, 1.165) is 6.54 Å². The van der Waals surface area contributed by atoms with Gasteiger partial charge in [-0.15, -0.1) is 0 Å². The van der Waals surface area contributed by atoms with Crippen molar-refractivity contribution in [3.8, 4) is 0 Å². The van der Waals surface area contributed by atoms with Crippen molar-refractivity contribution in [2.75, 3.05) is 18.8 Å². The molecule has 0 amide bonds. The minimum absolute atomic E-state index is 0.313. The van der Waals surface area contributed by atoms with Crippen molar-refractivity contribution in [2.24, 2.45) is 5.73 Å². The number of thioether (sulfide) groups is 1. The average molecular weight is 343 g/mol. The summed E-state index contributed by atoms with van der Waals surface area (Å²) in [5.41, 5.74) is 8.68. The number of nitrogens with zero attached hydrogens (tertiary/aromatic N) is 1. The van der Waals surface area contributed by atoms with Gasteiger partial charge in [-0.2, -0.15) is 11.8 Å². The summed E-state index contributed by atoms with van der Waals surface area (Å²) >= 11 is 5.77. The molecule has 3 unspecified atom stereocenters. The SMILES string of the molecule is Cc1ccc(C(CN)N2CCSC(C)C2C)c(Br)c1. The quantitative estimate of drug-likeness (QED) is 0.910. The van der Waals surface area contributed by atoms with Gasteiger partial charge in [0.15, 0.2) is 0 Å². The number of halogens is 1. The lowest BCUT2D eigenvalue weighted by atomic mass is 10.0. The van der Waals surface area contributed by atoms with Crippen LogP contribution in [0.4, 0.5) is 0 Å². The predicted molar refractivity (Wildman–Crippen MR) is 88.8 cm³/mol. The molecule has 1 aliphatic rings. The molecule has 0 spiro atoms. The molecule has 1 saturated heterocycles. The van der Waals surface area contributed by atoms with E-state index in [2.05, 4.69) is 71.6 Å². The van der Waals surface area contributed by atoms with E-state index in [1.165, 1.54) is 21.4 Å². The van der Waals surface area contributed by atoms with Crippen molar-refractivity contribution < 1.29 is 0 Å². The van der Waals surface area contributed by atoms with E-state index in [1.807, 2.05) is 0 Å². The van der Waals surface area contributed by atoms with Crippen molar-refractivity contribution >= 4 is 27.7 Å². The number of aryl methyl sites for hydroxylation is 1. The fourth-order valence-electron chi connectivity index (χ4n) is 2.74. The summed E-state index contributed by atoms with van der Waals surface area (Å²) in [7, 11) is 0. The predicted octanol–water partition coefficient (Wildman–Crippen LogP) is 3.58. The second-order valence-electron chi connectivity index (χ2n) is 5.33. The summed E-state index contributed by atoms with van der Waals surface area (Å²) in [5.74, 6) is 1.20. The van der Waals surface area contributed by atoms with Gasteiger partial charge in [0.25, 0.3) is 0 Å². The van der Waals surface area contributed by atoms with Crippen LogP contribution in [0.1, 0.15) is 31.0 Å². The van der Waals surface area contributed by atoms with Gasteiger partial charge in [-0.05, 0) is 31.0 Å². The van der Waals surface area contributed by atoms with Gasteiger partial charge in [0, 0.05) is 40.6 Å². The minimum Gasteiger partial charge on any atom is -0.329 e. The van der Waals surface area contributed by atoms with E-state index in [4.69, 9.17) is 5.73 Å². The monoisotopic (exact) mass is 342 g/mol. The van der Waals surface area contributed by atoms with E-state index in [0.29, 0.717) is 23.9 Å². The second-order valence-corrected chi connectivity index (χ2v) is 7.67. The Morgan fingerprint density at radius 3 is 2.84 bits per heavy atom. The highest BCUT2D eigenvalue weighted by Crippen LogP contribution is 2.34. The molecule has 4 heteroatoms. The van der Waals surface area contributed by atoms with Gasteiger partial charge in [0.05, 0.1) is 0 Å². The van der Waals surface area contributed by atoms with Crippen molar-refractivity contribution in [2.45, 2.75) is 38.1 Å². The van der Waals surface area contributed by atoms with Gasteiger partial charge in [-0.25, -0.2) is 0 Å². The molecule has 1 fully saturated rings. The van der Waals surface area contributed by atoms with Crippen LogP contribution in [0.2, 0.25) is 0 Å². The van der Waals surface area contributed by atoms with Crippen molar-refractivity contribution in [1.82, 2.24) is 4.90 Å². The zero-order valence-corrected chi connectivity index (χ0v) is 14.3. The zero-order valence-electron chi connectivity index (χ0n) is 11.9. The van der Waals surface area contributed by atoms with Gasteiger partial charge in [-0.1, -0.05) is 35.0 Å². The van der Waals surface area contributed by atoms with Crippen LogP contribution >= 0.6 is 27.7 Å². The van der Waals surface area contributed by atoms with Crippen LogP contribution in [-0.2, 0) is 0 Å². The molecule has 1 aliphatic heterocycles. The number of rotatable bonds is 3. The Morgan fingerprint density at radius 2 is 2.21 bits per heavy atom. The number of benzene rings is 1. The largest absolute Gasteiger partial charge is 0.329 e. The van der Waals surface area contributed by atoms with Gasteiger partial charge >= 0.3 is 0 Å². The molecule has 106 valence electrons. The van der Waals surface area contributed by atoms with Crippen LogP contribution in [0.3, 0.4) is 0 Å². The molecule has 1 aromatic rings. The normalized spacial score (nSPS) is 26.4. The number of hydrogen-bond acceptors (Lipinski definition) is 3. The molecule has 2 rings (SSSR count). The van der Waals surface area contributed by atoms with Crippen LogP contribution in [0, 0.1) is 6.92 Å². The summed E-state index contributed by atoms with van der Waals surface area (Å²) < 4.78 is 1.18. The molecule has 2 nitrogen and oxygen atoms in total. The van der Waals surface area contributed by atoms with E-state index in [-0.39, 0.29) is 0 Å². The van der Waals surface area contributed by atoms with Crippen LogP contribution < -0.4 is 5.73 Å². The Bertz CT molecular complexity index is 438. The van der Waals surface area contributed by atoms with Crippen molar-refractivity contribution in [3.63, 3.8) is 0 Å². The fraction of sp³-hybridized carbons (Fsp3) is 0.600. The first-order valence-corrected chi connectivity index (χ1v) is 8.72. The van der Waals surface area contributed by atoms with Crippen molar-refractivity contribution in [3.05, 3.63) is 33.8 Å². The lowest BCUT2D eigenvalue weighted by Gasteiger charge is -2.42. The summed E-state index contributed by atoms with van der Waals surface area (Å²) in [6, 6.07) is 7.46. The third-order valence-corrected chi connectivity index (χ3v) is 6.10. The van der Waals surface area contributed by atoms with Crippen LogP contribution in [0.5, 0.6) is 0 Å². The van der Waals surface area contributed by atoms with Crippen LogP contribution in [0.25, 0.3) is 0 Å². The molecule has 3 atom stereocenters.